The van der Waals surface area contributed by atoms with Crippen molar-refractivity contribution in [1.29, 1.82) is 0 Å². The Kier molecular flexibility index (Phi) is 16.0. The van der Waals surface area contributed by atoms with Gasteiger partial charge in [0.05, 0.1) is 0 Å². The summed E-state index contributed by atoms with van der Waals surface area (Å²) in [6, 6.07) is 19.7. The second kappa shape index (κ2) is 18.5. The second-order valence-electron chi connectivity index (χ2n) is 8.86. The van der Waals surface area contributed by atoms with Crippen molar-refractivity contribution >= 4 is 27.8 Å². The van der Waals surface area contributed by atoms with Crippen molar-refractivity contribution < 1.29 is 15.0 Å². The van der Waals surface area contributed by atoms with E-state index in [0.29, 0.717) is 0 Å². The molecule has 0 fully saturated rings. The molecule has 0 bridgehead atoms. The molecule has 0 heterocycles. The van der Waals surface area contributed by atoms with Gasteiger partial charge in [-0.25, -0.2) is 0 Å². The number of benzene rings is 2. The number of hydrogen-bond donors (Lipinski definition) is 0. The van der Waals surface area contributed by atoms with Crippen molar-refractivity contribution in [3.05, 3.63) is 60.7 Å². The Morgan fingerprint density at radius 2 is 1.06 bits per heavy atom. The zero-order chi connectivity index (χ0) is 24.3. The van der Waals surface area contributed by atoms with E-state index in [1.807, 2.05) is 60.7 Å². The van der Waals surface area contributed by atoms with Crippen molar-refractivity contribution in [2.75, 3.05) is 6.61 Å². The van der Waals surface area contributed by atoms with Gasteiger partial charge in [-0.1, -0.05) is 0 Å². The fraction of sp³-hybridized carbons (Fsp3) is 0.571. The van der Waals surface area contributed by atoms with Crippen LogP contribution in [0.25, 0.3) is 0 Å². The van der Waals surface area contributed by atoms with Crippen LogP contribution in [0.2, 0.25) is 8.87 Å². The topological polar surface area (TPSA) is 36.9 Å². The first-order valence-corrected chi connectivity index (χ1v) is 20.8. The van der Waals surface area contributed by atoms with Crippen molar-refractivity contribution in [3.63, 3.8) is 0 Å². The van der Waals surface area contributed by atoms with Crippen molar-refractivity contribution in [1.82, 2.24) is 0 Å². The van der Waals surface area contributed by atoms with E-state index in [4.69, 9.17) is 15.0 Å². The Bertz CT molecular complexity index is 682. The molecule has 0 aliphatic carbocycles. The molecule has 0 spiro atoms. The normalized spacial score (nSPS) is 11.6. The molecule has 0 saturated heterocycles. The van der Waals surface area contributed by atoms with Crippen LogP contribution in [0, 0.1) is 0 Å². The Morgan fingerprint density at radius 1 is 0.588 bits per heavy atom. The van der Waals surface area contributed by atoms with Gasteiger partial charge in [-0.05, 0) is 0 Å². The average Bonchev–Trinajstić information content (AvgIpc) is 2.87. The molecule has 4 nitrogen and oxygen atoms in total. The second-order valence-corrected chi connectivity index (χ2v) is 20.3. The molecule has 6 heteroatoms. The van der Waals surface area contributed by atoms with Gasteiger partial charge in [0.25, 0.3) is 0 Å². The maximum absolute atomic E-state index is 6.90. The predicted molar refractivity (Wildman–Crippen MR) is 147 cm³/mol. The average molecular weight is 595 g/mol. The van der Waals surface area contributed by atoms with Crippen LogP contribution in [0.3, 0.4) is 0 Å². The van der Waals surface area contributed by atoms with Gasteiger partial charge in [-0.3, -0.25) is 0 Å². The standard InChI is InChI=1S/C12H10O3P.C8H17O.2C4H9.Sn/c13-16(14-11-7-3-1-4-8-11)15-12-9-5-2-6-10-12;1-2-3-4-5-6-7-8-9;2*1-3-4-2;/h1-10H;2-8H2,1H3;2*1,3-4H2,2H3;/q2*-1;;;+2. The summed E-state index contributed by atoms with van der Waals surface area (Å²) in [4.78, 5) is 0. The summed E-state index contributed by atoms with van der Waals surface area (Å²) in [5.41, 5.74) is 0. The van der Waals surface area contributed by atoms with E-state index in [1.54, 1.807) is 0 Å². The third-order valence-corrected chi connectivity index (χ3v) is 19.6. The zero-order valence-corrected chi connectivity index (χ0v) is 25.3. The van der Waals surface area contributed by atoms with Crippen LogP contribution < -0.4 is 9.05 Å². The van der Waals surface area contributed by atoms with Crippen LogP contribution in [0.5, 0.6) is 11.5 Å². The van der Waals surface area contributed by atoms with E-state index in [9.17, 15) is 0 Å². The predicted octanol–water partition coefficient (Wildman–Crippen LogP) is 9.81. The summed E-state index contributed by atoms with van der Waals surface area (Å²) in [6.07, 6.45) is 12.1. The number of rotatable bonds is 20. The van der Waals surface area contributed by atoms with Crippen LogP contribution in [0.15, 0.2) is 60.7 Å². The first kappa shape index (κ1) is 29.4. The Hall–Kier alpha value is -0.811. The third-order valence-electron chi connectivity index (χ3n) is 5.77. The molecule has 0 aromatic heterocycles. The molecular formula is C28H45O4PSn. The van der Waals surface area contributed by atoms with Gasteiger partial charge in [-0.15, -0.1) is 0 Å². The van der Waals surface area contributed by atoms with Gasteiger partial charge in [-0.2, -0.15) is 0 Å². The quantitative estimate of drug-likeness (QED) is 0.0868. The van der Waals surface area contributed by atoms with E-state index < -0.39 is 27.8 Å². The molecule has 2 aromatic rings. The fourth-order valence-corrected chi connectivity index (χ4v) is 18.0. The van der Waals surface area contributed by atoms with Gasteiger partial charge < -0.3 is 0 Å². The fourth-order valence-electron chi connectivity index (χ4n) is 3.75. The summed E-state index contributed by atoms with van der Waals surface area (Å²) in [5.74, 6) is 1.54. The van der Waals surface area contributed by atoms with E-state index >= 15 is 0 Å². The zero-order valence-electron chi connectivity index (χ0n) is 21.5. The Labute approximate surface area is 214 Å². The van der Waals surface area contributed by atoms with Gasteiger partial charge in [0, 0.05) is 0 Å². The van der Waals surface area contributed by atoms with Gasteiger partial charge in [0.2, 0.25) is 0 Å². The molecule has 0 saturated carbocycles. The summed E-state index contributed by atoms with van der Waals surface area (Å²) < 4.78 is 28.4. The first-order chi connectivity index (χ1) is 16.7. The molecule has 34 heavy (non-hydrogen) atoms. The van der Waals surface area contributed by atoms with Crippen LogP contribution in [-0.2, 0) is 5.94 Å². The summed E-state index contributed by atoms with van der Waals surface area (Å²) >= 11 is -3.43. The molecule has 0 atom stereocenters. The molecule has 0 aliphatic heterocycles. The van der Waals surface area contributed by atoms with E-state index in [0.717, 1.165) is 59.1 Å². The third kappa shape index (κ3) is 12.2. The van der Waals surface area contributed by atoms with Gasteiger partial charge >= 0.3 is 215 Å². The molecular weight excluding hydrogens is 550 g/mol. The Balaban J connectivity index is 2.14. The minimum absolute atomic E-state index is 0.770. The first-order valence-electron chi connectivity index (χ1n) is 13.3. The molecule has 0 aliphatic rings. The van der Waals surface area contributed by atoms with Crippen LogP contribution >= 0.6 is 8.60 Å². The molecule has 0 radical (unpaired) electrons. The monoisotopic (exact) mass is 596 g/mol. The maximum atomic E-state index is 6.90. The van der Waals surface area contributed by atoms with E-state index in [2.05, 4.69) is 20.8 Å². The van der Waals surface area contributed by atoms with Crippen LogP contribution in [0.4, 0.5) is 0 Å². The Morgan fingerprint density at radius 3 is 1.56 bits per heavy atom. The summed E-state index contributed by atoms with van der Waals surface area (Å²) in [7, 11) is -1.60. The summed E-state index contributed by atoms with van der Waals surface area (Å²) in [5, 5.41) is 0. The molecule has 190 valence electrons. The van der Waals surface area contributed by atoms with Crippen molar-refractivity contribution in [2.45, 2.75) is 93.9 Å². The summed E-state index contributed by atoms with van der Waals surface area (Å²) in [6.45, 7) is 7.55. The number of hydrogen-bond acceptors (Lipinski definition) is 4. The number of unbranched alkanes of at least 4 members (excludes halogenated alkanes) is 7. The molecule has 0 unspecified atom stereocenters. The van der Waals surface area contributed by atoms with Crippen molar-refractivity contribution in [3.8, 4) is 11.5 Å². The molecule has 0 N–H and O–H groups in total. The van der Waals surface area contributed by atoms with E-state index in [-0.39, 0.29) is 0 Å². The van der Waals surface area contributed by atoms with Crippen LogP contribution in [0.1, 0.15) is 85.0 Å². The van der Waals surface area contributed by atoms with Gasteiger partial charge in [0.15, 0.2) is 0 Å². The molecule has 0 amide bonds. The van der Waals surface area contributed by atoms with Crippen LogP contribution in [-0.4, -0.2) is 25.8 Å². The van der Waals surface area contributed by atoms with Crippen molar-refractivity contribution in [2.24, 2.45) is 0 Å². The number of para-hydroxylation sites is 2. The SMILES string of the molecule is CCCCCCCC[O][Sn]([CH2]CCC)([CH2]CCC)[O]P(Oc1ccccc1)Oc1ccccc1. The van der Waals surface area contributed by atoms with Gasteiger partial charge in [0.1, 0.15) is 0 Å². The minimum atomic E-state index is -3.43. The molecule has 2 aromatic carbocycles. The molecule has 2 rings (SSSR count). The van der Waals surface area contributed by atoms with E-state index in [1.165, 1.54) is 32.1 Å².